The Morgan fingerprint density at radius 2 is 1.67 bits per heavy atom. The van der Waals surface area contributed by atoms with Gasteiger partial charge in [0.05, 0.1) is 16.9 Å². The number of aryl methyl sites for hydroxylation is 1. The maximum atomic E-state index is 7.88. The van der Waals surface area contributed by atoms with Crippen molar-refractivity contribution in [1.29, 1.82) is 0 Å². The summed E-state index contributed by atoms with van der Waals surface area (Å²) in [6.45, 7) is 4.22. The molecule has 24 heavy (non-hydrogen) atoms. The van der Waals surface area contributed by atoms with E-state index in [1.807, 2.05) is 34.0 Å². The second-order valence-corrected chi connectivity index (χ2v) is 5.68. The SMILES string of the molecule is CCCO.Cc1nc(-c2ccc(N(C)C)cc2)cc2nccnc12. The molecule has 0 bridgehead atoms. The van der Waals surface area contributed by atoms with Gasteiger partial charge in [0.25, 0.3) is 0 Å². The van der Waals surface area contributed by atoms with Gasteiger partial charge in [0, 0.05) is 44.3 Å². The van der Waals surface area contributed by atoms with Crippen LogP contribution in [0.5, 0.6) is 0 Å². The second-order valence-electron chi connectivity index (χ2n) is 5.68. The van der Waals surface area contributed by atoms with Crippen molar-refractivity contribution in [2.24, 2.45) is 0 Å². The molecular formula is C19H24N4O. The minimum Gasteiger partial charge on any atom is -0.396 e. The minimum atomic E-state index is 0.319. The third-order valence-electron chi connectivity index (χ3n) is 3.53. The van der Waals surface area contributed by atoms with Crippen molar-refractivity contribution >= 4 is 16.7 Å². The molecule has 0 saturated carbocycles. The minimum absolute atomic E-state index is 0.319. The molecule has 2 aromatic heterocycles. The Kier molecular flexibility index (Phi) is 6.21. The van der Waals surface area contributed by atoms with E-state index >= 15 is 0 Å². The molecule has 0 radical (unpaired) electrons. The molecule has 0 atom stereocenters. The van der Waals surface area contributed by atoms with E-state index in [0.717, 1.165) is 34.4 Å². The first-order valence-electron chi connectivity index (χ1n) is 8.03. The van der Waals surface area contributed by atoms with Crippen molar-refractivity contribution in [1.82, 2.24) is 15.0 Å². The summed E-state index contributed by atoms with van der Waals surface area (Å²) in [5.74, 6) is 0. The van der Waals surface area contributed by atoms with Crippen LogP contribution in [0.3, 0.4) is 0 Å². The second kappa shape index (κ2) is 8.36. The largest absolute Gasteiger partial charge is 0.396 e. The Morgan fingerprint density at radius 3 is 2.25 bits per heavy atom. The highest BCUT2D eigenvalue weighted by Crippen LogP contribution is 2.24. The summed E-state index contributed by atoms with van der Waals surface area (Å²) >= 11 is 0. The smallest absolute Gasteiger partial charge is 0.110 e. The van der Waals surface area contributed by atoms with Gasteiger partial charge in [0.2, 0.25) is 0 Å². The lowest BCUT2D eigenvalue weighted by Crippen LogP contribution is -2.07. The van der Waals surface area contributed by atoms with E-state index in [1.54, 1.807) is 12.4 Å². The summed E-state index contributed by atoms with van der Waals surface area (Å²) in [7, 11) is 4.06. The number of aliphatic hydroxyl groups is 1. The van der Waals surface area contributed by atoms with E-state index in [4.69, 9.17) is 5.11 Å². The first-order chi connectivity index (χ1) is 11.6. The molecule has 5 nitrogen and oxygen atoms in total. The molecular weight excluding hydrogens is 300 g/mol. The van der Waals surface area contributed by atoms with E-state index in [0.29, 0.717) is 6.61 Å². The van der Waals surface area contributed by atoms with Crippen LogP contribution in [-0.2, 0) is 0 Å². The van der Waals surface area contributed by atoms with E-state index in [9.17, 15) is 0 Å². The maximum Gasteiger partial charge on any atom is 0.110 e. The average molecular weight is 324 g/mol. The summed E-state index contributed by atoms with van der Waals surface area (Å²) in [5, 5.41) is 7.88. The van der Waals surface area contributed by atoms with Crippen LogP contribution in [0.4, 0.5) is 5.69 Å². The van der Waals surface area contributed by atoms with Crippen LogP contribution in [0.25, 0.3) is 22.3 Å². The van der Waals surface area contributed by atoms with E-state index in [1.165, 1.54) is 5.69 Å². The summed E-state index contributed by atoms with van der Waals surface area (Å²) in [4.78, 5) is 15.4. The van der Waals surface area contributed by atoms with Gasteiger partial charge in [-0.1, -0.05) is 19.1 Å². The van der Waals surface area contributed by atoms with Crippen LogP contribution >= 0.6 is 0 Å². The molecule has 0 aliphatic heterocycles. The monoisotopic (exact) mass is 324 g/mol. The lowest BCUT2D eigenvalue weighted by atomic mass is 10.1. The number of hydrogen-bond acceptors (Lipinski definition) is 5. The average Bonchev–Trinajstić information content (AvgIpc) is 2.62. The van der Waals surface area contributed by atoms with E-state index < -0.39 is 0 Å². The van der Waals surface area contributed by atoms with Crippen LogP contribution < -0.4 is 4.90 Å². The van der Waals surface area contributed by atoms with E-state index in [-0.39, 0.29) is 0 Å². The number of hydrogen-bond donors (Lipinski definition) is 1. The maximum absolute atomic E-state index is 7.88. The lowest BCUT2D eigenvalue weighted by Gasteiger charge is -2.12. The number of fused-ring (bicyclic) bond motifs is 1. The fourth-order valence-electron chi connectivity index (χ4n) is 2.21. The third-order valence-corrected chi connectivity index (χ3v) is 3.53. The van der Waals surface area contributed by atoms with Gasteiger partial charge in [-0.15, -0.1) is 0 Å². The Morgan fingerprint density at radius 1 is 1.04 bits per heavy atom. The van der Waals surface area contributed by atoms with Gasteiger partial charge in [-0.2, -0.15) is 0 Å². The molecule has 126 valence electrons. The number of aromatic nitrogens is 3. The van der Waals surface area contributed by atoms with Crippen LogP contribution in [0.15, 0.2) is 42.7 Å². The van der Waals surface area contributed by atoms with Gasteiger partial charge in [0.15, 0.2) is 0 Å². The predicted molar refractivity (Wildman–Crippen MR) is 99.2 cm³/mol. The molecule has 0 amide bonds. The molecule has 0 aliphatic rings. The van der Waals surface area contributed by atoms with Crippen molar-refractivity contribution in [3.63, 3.8) is 0 Å². The standard InChI is InChI=1S/C16H16N4.C3H8O/c1-11-16-15(17-8-9-18-16)10-14(19-11)12-4-6-13(7-5-12)20(2)3;1-2-3-4/h4-10H,1-3H3;4H,2-3H2,1H3. The highest BCUT2D eigenvalue weighted by atomic mass is 16.2. The molecule has 1 aromatic carbocycles. The van der Waals surface area contributed by atoms with Gasteiger partial charge >= 0.3 is 0 Å². The summed E-state index contributed by atoms with van der Waals surface area (Å²) in [6.07, 6.45) is 4.28. The normalized spacial score (nSPS) is 10.2. The molecule has 3 aromatic rings. The molecule has 2 heterocycles. The summed E-state index contributed by atoms with van der Waals surface area (Å²) < 4.78 is 0. The first kappa shape index (κ1) is 17.8. The van der Waals surface area contributed by atoms with E-state index in [2.05, 4.69) is 44.1 Å². The molecule has 3 rings (SSSR count). The zero-order valence-electron chi connectivity index (χ0n) is 14.7. The fraction of sp³-hybridized carbons (Fsp3) is 0.316. The Bertz CT molecular complexity index is 783. The van der Waals surface area contributed by atoms with Crippen LogP contribution in [-0.4, -0.2) is 40.8 Å². The zero-order chi connectivity index (χ0) is 17.5. The Labute approximate surface area is 143 Å². The van der Waals surface area contributed by atoms with Gasteiger partial charge in [-0.05, 0) is 31.5 Å². The summed E-state index contributed by atoms with van der Waals surface area (Å²) in [6, 6.07) is 10.3. The molecule has 0 spiro atoms. The molecule has 1 N–H and O–H groups in total. The van der Waals surface area contributed by atoms with Crippen molar-refractivity contribution < 1.29 is 5.11 Å². The first-order valence-corrected chi connectivity index (χ1v) is 8.03. The number of pyridine rings is 1. The highest BCUT2D eigenvalue weighted by molar-refractivity contribution is 5.81. The molecule has 0 saturated heterocycles. The van der Waals surface area contributed by atoms with Gasteiger partial charge in [-0.3, -0.25) is 15.0 Å². The number of anilines is 1. The molecule has 0 aliphatic carbocycles. The van der Waals surface area contributed by atoms with Gasteiger partial charge in [0.1, 0.15) is 5.52 Å². The predicted octanol–water partition coefficient (Wildman–Crippen LogP) is 3.45. The van der Waals surface area contributed by atoms with Crippen LogP contribution in [0.1, 0.15) is 19.0 Å². The quantitative estimate of drug-likeness (QED) is 0.799. The number of aliphatic hydroxyl groups excluding tert-OH is 1. The van der Waals surface area contributed by atoms with Crippen LogP contribution in [0.2, 0.25) is 0 Å². The number of nitrogens with zero attached hydrogens (tertiary/aromatic N) is 4. The number of benzene rings is 1. The lowest BCUT2D eigenvalue weighted by molar-refractivity contribution is 0.295. The topological polar surface area (TPSA) is 62.1 Å². The molecule has 0 fully saturated rings. The molecule has 5 heteroatoms. The van der Waals surface area contributed by atoms with Gasteiger partial charge in [-0.25, -0.2) is 0 Å². The Balaban J connectivity index is 0.000000471. The van der Waals surface area contributed by atoms with Gasteiger partial charge < -0.3 is 10.0 Å². The van der Waals surface area contributed by atoms with Crippen LogP contribution in [0, 0.1) is 6.92 Å². The number of rotatable bonds is 3. The third kappa shape index (κ3) is 4.26. The summed E-state index contributed by atoms with van der Waals surface area (Å²) in [5.41, 5.74) is 5.84. The Hall–Kier alpha value is -2.53. The highest BCUT2D eigenvalue weighted by Gasteiger charge is 2.06. The molecule has 0 unspecified atom stereocenters. The zero-order valence-corrected chi connectivity index (χ0v) is 14.7. The van der Waals surface area contributed by atoms with Crippen molar-refractivity contribution in [3.8, 4) is 11.3 Å². The van der Waals surface area contributed by atoms with Crippen molar-refractivity contribution in [2.45, 2.75) is 20.3 Å². The fourth-order valence-corrected chi connectivity index (χ4v) is 2.21. The van der Waals surface area contributed by atoms with Crippen molar-refractivity contribution in [2.75, 3.05) is 25.6 Å². The van der Waals surface area contributed by atoms with Crippen molar-refractivity contribution in [3.05, 3.63) is 48.4 Å².